The maximum atomic E-state index is 10.6. The van der Waals surface area contributed by atoms with Crippen LogP contribution in [0.2, 0.25) is 0 Å². The zero-order valence-corrected chi connectivity index (χ0v) is 21.0. The molecular formula is C24H19F6N5O7. The molecule has 0 saturated carbocycles. The molecule has 2 aromatic carbocycles. The van der Waals surface area contributed by atoms with Gasteiger partial charge in [-0.1, -0.05) is 12.1 Å². The van der Waals surface area contributed by atoms with E-state index < -0.39 is 30.4 Å². The van der Waals surface area contributed by atoms with Crippen LogP contribution in [0.25, 0.3) is 10.9 Å². The molecule has 0 aliphatic carbocycles. The number of hydrogen-bond donors (Lipinski definition) is 4. The molecule has 4 N–H and O–H groups in total. The van der Waals surface area contributed by atoms with Crippen molar-refractivity contribution in [3.8, 4) is 17.2 Å². The molecule has 0 fully saturated rings. The van der Waals surface area contributed by atoms with E-state index in [1.54, 1.807) is 19.5 Å². The fraction of sp³-hybridized carbons (Fsp3) is 0.208. The first-order valence-corrected chi connectivity index (χ1v) is 11.3. The summed E-state index contributed by atoms with van der Waals surface area (Å²) in [5.41, 5.74) is 1.57. The number of alkyl halides is 6. The third-order valence-corrected chi connectivity index (χ3v) is 4.96. The summed E-state index contributed by atoms with van der Waals surface area (Å²) in [6, 6.07) is 13.2. The van der Waals surface area contributed by atoms with Crippen molar-refractivity contribution in [2.45, 2.75) is 18.5 Å². The van der Waals surface area contributed by atoms with Crippen LogP contribution in [0.1, 0.15) is 11.9 Å². The number of aromatic amines is 1. The first kappa shape index (κ1) is 31.2. The van der Waals surface area contributed by atoms with Crippen molar-refractivity contribution in [2.75, 3.05) is 19.0 Å². The molecule has 2 aromatic heterocycles. The Kier molecular flexibility index (Phi) is 9.61. The number of aromatic nitrogens is 4. The van der Waals surface area contributed by atoms with Gasteiger partial charge in [0.05, 0.1) is 24.5 Å². The molecule has 0 bridgehead atoms. The number of ether oxygens (including phenoxy) is 3. The second-order valence-electron chi connectivity index (χ2n) is 7.90. The van der Waals surface area contributed by atoms with Gasteiger partial charge >= 0.3 is 24.3 Å². The molecule has 1 unspecified atom stereocenters. The van der Waals surface area contributed by atoms with Crippen LogP contribution in [0.5, 0.6) is 17.2 Å². The molecule has 0 radical (unpaired) electrons. The lowest BCUT2D eigenvalue weighted by Gasteiger charge is -2.26. The van der Waals surface area contributed by atoms with E-state index in [2.05, 4.69) is 15.5 Å². The van der Waals surface area contributed by atoms with Crippen LogP contribution >= 0.6 is 0 Å². The summed E-state index contributed by atoms with van der Waals surface area (Å²) in [5, 5.41) is 25.1. The first-order valence-electron chi connectivity index (χ1n) is 11.3. The Labute approximate surface area is 230 Å². The molecule has 5 rings (SSSR count). The highest BCUT2D eigenvalue weighted by Crippen LogP contribution is 2.36. The first-order chi connectivity index (χ1) is 19.7. The van der Waals surface area contributed by atoms with Gasteiger partial charge in [-0.3, -0.25) is 5.10 Å². The van der Waals surface area contributed by atoms with Gasteiger partial charge in [-0.25, -0.2) is 19.6 Å². The molecule has 3 heterocycles. The van der Waals surface area contributed by atoms with Crippen LogP contribution < -0.4 is 19.5 Å². The number of nitrogens with one attached hydrogen (secondary N) is 2. The summed E-state index contributed by atoms with van der Waals surface area (Å²) < 4.78 is 80.7. The van der Waals surface area contributed by atoms with Gasteiger partial charge in [0.2, 0.25) is 0 Å². The fourth-order valence-electron chi connectivity index (χ4n) is 3.09. The average Bonchev–Trinajstić information content (AvgIpc) is 3.45. The number of rotatable bonds is 4. The molecule has 0 saturated heterocycles. The van der Waals surface area contributed by atoms with E-state index in [4.69, 9.17) is 44.0 Å². The van der Waals surface area contributed by atoms with Crippen molar-refractivity contribution in [2.24, 2.45) is 0 Å². The number of methoxy groups -OCH3 is 1. The number of aliphatic carboxylic acids is 2. The number of nitrogens with zero attached hydrogens (tertiary/aromatic N) is 3. The molecule has 0 spiro atoms. The highest BCUT2D eigenvalue weighted by molar-refractivity contribution is 5.91. The molecule has 18 heteroatoms. The van der Waals surface area contributed by atoms with Gasteiger partial charge in [-0.05, 0) is 30.3 Å². The van der Waals surface area contributed by atoms with E-state index in [9.17, 15) is 26.3 Å². The molecule has 4 aromatic rings. The summed E-state index contributed by atoms with van der Waals surface area (Å²) in [7, 11) is 1.63. The molecule has 1 aliphatic rings. The van der Waals surface area contributed by atoms with Crippen molar-refractivity contribution < 1.29 is 60.4 Å². The highest BCUT2D eigenvalue weighted by Gasteiger charge is 2.38. The third-order valence-electron chi connectivity index (χ3n) is 4.96. The van der Waals surface area contributed by atoms with Gasteiger partial charge in [0, 0.05) is 11.6 Å². The van der Waals surface area contributed by atoms with Gasteiger partial charge in [0.15, 0.2) is 23.4 Å². The number of fused-ring (bicyclic) bond motifs is 2. The average molecular weight is 603 g/mol. The minimum Gasteiger partial charge on any atom is -0.497 e. The van der Waals surface area contributed by atoms with Crippen LogP contribution in [-0.2, 0) is 9.59 Å². The summed E-state index contributed by atoms with van der Waals surface area (Å²) in [6.07, 6.45) is -7.14. The van der Waals surface area contributed by atoms with E-state index in [-0.39, 0.29) is 0 Å². The van der Waals surface area contributed by atoms with Crippen LogP contribution in [0.15, 0.2) is 54.9 Å². The number of carboxylic acids is 2. The lowest BCUT2D eigenvalue weighted by atomic mass is 10.2. The number of H-pyrrole nitrogens is 1. The van der Waals surface area contributed by atoms with Gasteiger partial charge in [-0.15, -0.1) is 0 Å². The Bertz CT molecular complexity index is 1510. The summed E-state index contributed by atoms with van der Waals surface area (Å²) in [4.78, 5) is 27.2. The van der Waals surface area contributed by atoms with Crippen LogP contribution in [0.3, 0.4) is 0 Å². The minimum absolute atomic E-state index is 0.337. The van der Waals surface area contributed by atoms with Gasteiger partial charge < -0.3 is 29.7 Å². The zero-order chi connectivity index (χ0) is 31.1. The number of hydrogen-bond acceptors (Lipinski definition) is 9. The van der Waals surface area contributed by atoms with Crippen LogP contribution in [0.4, 0.5) is 37.8 Å². The lowest BCUT2D eigenvalue weighted by molar-refractivity contribution is -0.193. The van der Waals surface area contributed by atoms with E-state index >= 15 is 0 Å². The lowest BCUT2D eigenvalue weighted by Crippen LogP contribution is -2.23. The number of halogens is 6. The summed E-state index contributed by atoms with van der Waals surface area (Å²) in [5.74, 6) is -2.20. The SMILES string of the molecule is COc1ccc2nc(C3COc4ccccc4O3)nc(Nc3cn[nH]c3)c2c1.O=C(O)C(F)(F)F.O=C(O)C(F)(F)F. The van der Waals surface area contributed by atoms with E-state index in [1.165, 1.54) is 0 Å². The maximum absolute atomic E-state index is 10.6. The molecule has 12 nitrogen and oxygen atoms in total. The molecular weight excluding hydrogens is 584 g/mol. The molecule has 224 valence electrons. The predicted octanol–water partition coefficient (Wildman–Crippen LogP) is 4.88. The zero-order valence-electron chi connectivity index (χ0n) is 21.0. The third kappa shape index (κ3) is 8.35. The van der Waals surface area contributed by atoms with Crippen LogP contribution in [-0.4, -0.2) is 68.4 Å². The normalized spacial score (nSPS) is 14.0. The second-order valence-corrected chi connectivity index (χ2v) is 7.90. The van der Waals surface area contributed by atoms with Crippen LogP contribution in [0, 0.1) is 0 Å². The molecule has 42 heavy (non-hydrogen) atoms. The smallest absolute Gasteiger partial charge is 0.490 e. The van der Waals surface area contributed by atoms with Crippen molar-refractivity contribution in [3.05, 3.63) is 60.7 Å². The largest absolute Gasteiger partial charge is 0.497 e. The Morgan fingerprint density at radius 1 is 1.00 bits per heavy atom. The topological polar surface area (TPSA) is 169 Å². The van der Waals surface area contributed by atoms with E-state index in [0.29, 0.717) is 24.0 Å². The number of benzene rings is 2. The van der Waals surface area contributed by atoms with Crippen molar-refractivity contribution in [1.29, 1.82) is 0 Å². The number of anilines is 2. The highest BCUT2D eigenvalue weighted by atomic mass is 19.4. The Balaban J connectivity index is 0.000000289. The molecule has 1 aliphatic heterocycles. The molecule has 1 atom stereocenters. The summed E-state index contributed by atoms with van der Waals surface area (Å²) >= 11 is 0. The van der Waals surface area contributed by atoms with Gasteiger partial charge in [-0.2, -0.15) is 31.4 Å². The Morgan fingerprint density at radius 2 is 1.62 bits per heavy atom. The number of carboxylic acid groups (broad SMARTS) is 2. The second kappa shape index (κ2) is 12.9. The number of para-hydroxylation sites is 2. The number of carbonyl (C=O) groups is 2. The Morgan fingerprint density at radius 3 is 2.17 bits per heavy atom. The Hall–Kier alpha value is -5.29. The van der Waals surface area contributed by atoms with E-state index in [0.717, 1.165) is 28.1 Å². The standard InChI is InChI=1S/C20H17N5O3.2C2HF3O2/c1-26-13-6-7-15-14(8-13)19(23-12-9-21-22-10-12)25-20(24-15)18-11-27-16-4-2-3-5-17(16)28-18;2*3-2(4,5)1(6)7/h2-10,18H,11H2,1H3,(H,21,22)(H,23,24,25);2*(H,6,7). The summed E-state index contributed by atoms with van der Waals surface area (Å²) in [6.45, 7) is 0.337. The van der Waals surface area contributed by atoms with Gasteiger partial charge in [0.1, 0.15) is 18.2 Å². The van der Waals surface area contributed by atoms with Gasteiger partial charge in [0.25, 0.3) is 0 Å². The van der Waals surface area contributed by atoms with Crippen molar-refractivity contribution >= 4 is 34.3 Å². The predicted molar refractivity (Wildman–Crippen MR) is 131 cm³/mol. The van der Waals surface area contributed by atoms with Crippen molar-refractivity contribution in [1.82, 2.24) is 20.2 Å². The monoisotopic (exact) mass is 603 g/mol. The maximum Gasteiger partial charge on any atom is 0.490 e. The quantitative estimate of drug-likeness (QED) is 0.235. The molecule has 0 amide bonds. The fourth-order valence-corrected chi connectivity index (χ4v) is 3.09. The van der Waals surface area contributed by atoms with Crippen molar-refractivity contribution in [3.63, 3.8) is 0 Å². The minimum atomic E-state index is -5.08. The van der Waals surface area contributed by atoms with E-state index in [1.807, 2.05) is 42.5 Å².